The van der Waals surface area contributed by atoms with Crippen molar-refractivity contribution in [1.82, 2.24) is 0 Å². The van der Waals surface area contributed by atoms with Crippen LogP contribution in [0.1, 0.15) is 37.8 Å². The first-order valence-corrected chi connectivity index (χ1v) is 6.87. The summed E-state index contributed by atoms with van der Waals surface area (Å²) in [5.74, 6) is 1.68. The topological polar surface area (TPSA) is 27.0 Å². The Morgan fingerprint density at radius 2 is 1.94 bits per heavy atom. The molecule has 0 bridgehead atoms. The van der Waals surface area contributed by atoms with Gasteiger partial charge in [0.15, 0.2) is 0 Å². The summed E-state index contributed by atoms with van der Waals surface area (Å²) < 4.78 is 0. The van der Waals surface area contributed by atoms with Crippen LogP contribution in [0, 0.1) is 30.1 Å². The molecule has 1 aliphatic rings. The highest BCUT2D eigenvalue weighted by Crippen LogP contribution is 2.28. The van der Waals surface area contributed by atoms with Crippen LogP contribution < -0.4 is 4.90 Å². The molecule has 1 aromatic carbocycles. The van der Waals surface area contributed by atoms with Gasteiger partial charge in [-0.05, 0) is 55.4 Å². The number of nitriles is 1. The Hall–Kier alpha value is -1.49. The fraction of sp³-hybridized carbons (Fsp3) is 0.562. The molecule has 2 nitrogen and oxygen atoms in total. The van der Waals surface area contributed by atoms with Crippen molar-refractivity contribution in [2.45, 2.75) is 33.6 Å². The molecule has 96 valence electrons. The van der Waals surface area contributed by atoms with Crippen LogP contribution in [0.3, 0.4) is 0 Å². The van der Waals surface area contributed by atoms with Crippen molar-refractivity contribution in [2.24, 2.45) is 11.8 Å². The first-order valence-electron chi connectivity index (χ1n) is 6.87. The van der Waals surface area contributed by atoms with E-state index >= 15 is 0 Å². The van der Waals surface area contributed by atoms with Gasteiger partial charge in [-0.1, -0.05) is 13.8 Å². The van der Waals surface area contributed by atoms with Gasteiger partial charge >= 0.3 is 0 Å². The van der Waals surface area contributed by atoms with Crippen LogP contribution in [0.15, 0.2) is 18.2 Å². The van der Waals surface area contributed by atoms with Crippen molar-refractivity contribution in [3.8, 4) is 6.07 Å². The summed E-state index contributed by atoms with van der Waals surface area (Å²) in [5, 5.41) is 8.95. The van der Waals surface area contributed by atoms with Gasteiger partial charge in [0, 0.05) is 18.8 Å². The van der Waals surface area contributed by atoms with Crippen molar-refractivity contribution in [3.63, 3.8) is 0 Å². The van der Waals surface area contributed by atoms with Crippen LogP contribution in [0.4, 0.5) is 5.69 Å². The lowest BCUT2D eigenvalue weighted by atomic mass is 9.86. The fourth-order valence-electron chi connectivity index (χ4n) is 2.79. The Bertz CT molecular complexity index is 449. The van der Waals surface area contributed by atoms with Crippen LogP contribution in [0.25, 0.3) is 0 Å². The van der Waals surface area contributed by atoms with Gasteiger partial charge in [0.05, 0.1) is 11.6 Å². The quantitative estimate of drug-likeness (QED) is 0.790. The van der Waals surface area contributed by atoms with Gasteiger partial charge in [-0.15, -0.1) is 0 Å². The van der Waals surface area contributed by atoms with E-state index in [1.54, 1.807) is 0 Å². The lowest BCUT2D eigenvalue weighted by Gasteiger charge is -2.35. The Labute approximate surface area is 110 Å². The van der Waals surface area contributed by atoms with E-state index in [0.717, 1.165) is 36.1 Å². The van der Waals surface area contributed by atoms with Gasteiger partial charge in [-0.25, -0.2) is 0 Å². The summed E-state index contributed by atoms with van der Waals surface area (Å²) in [6.07, 6.45) is 2.58. The zero-order valence-electron chi connectivity index (χ0n) is 11.6. The van der Waals surface area contributed by atoms with Crippen molar-refractivity contribution in [1.29, 1.82) is 5.26 Å². The minimum atomic E-state index is 0.788. The summed E-state index contributed by atoms with van der Waals surface area (Å²) in [4.78, 5) is 2.45. The first-order chi connectivity index (χ1) is 8.61. The maximum absolute atomic E-state index is 8.95. The largest absolute Gasteiger partial charge is 0.372 e. The number of piperidine rings is 1. The summed E-state index contributed by atoms with van der Waals surface area (Å²) in [6.45, 7) is 8.96. The van der Waals surface area contributed by atoms with Gasteiger partial charge in [-0.3, -0.25) is 0 Å². The molecular weight excluding hydrogens is 220 g/mol. The molecule has 1 heterocycles. The number of nitrogens with zero attached hydrogens (tertiary/aromatic N) is 2. The number of hydrogen-bond acceptors (Lipinski definition) is 2. The third-order valence-corrected chi connectivity index (χ3v) is 4.18. The molecule has 0 atom stereocenters. The summed E-state index contributed by atoms with van der Waals surface area (Å²) in [7, 11) is 0. The molecule has 1 aromatic rings. The molecule has 0 amide bonds. The Morgan fingerprint density at radius 1 is 1.28 bits per heavy atom. The van der Waals surface area contributed by atoms with E-state index in [4.69, 9.17) is 5.26 Å². The molecule has 0 spiro atoms. The number of anilines is 1. The molecule has 0 aliphatic carbocycles. The number of aryl methyl sites for hydroxylation is 1. The lowest BCUT2D eigenvalue weighted by molar-refractivity contribution is 0.311. The average molecular weight is 242 g/mol. The second-order valence-corrected chi connectivity index (χ2v) is 5.68. The molecule has 0 aromatic heterocycles. The smallest absolute Gasteiger partial charge is 0.0994 e. The Balaban J connectivity index is 2.06. The molecule has 0 N–H and O–H groups in total. The highest BCUT2D eigenvalue weighted by atomic mass is 15.1. The maximum Gasteiger partial charge on any atom is 0.0994 e. The van der Waals surface area contributed by atoms with E-state index in [1.807, 2.05) is 13.0 Å². The highest BCUT2D eigenvalue weighted by molar-refractivity contribution is 5.53. The van der Waals surface area contributed by atoms with Crippen LogP contribution in [0.5, 0.6) is 0 Å². The van der Waals surface area contributed by atoms with Crippen LogP contribution in [-0.2, 0) is 0 Å². The van der Waals surface area contributed by atoms with Crippen molar-refractivity contribution in [3.05, 3.63) is 29.3 Å². The molecule has 0 unspecified atom stereocenters. The van der Waals surface area contributed by atoms with Crippen LogP contribution >= 0.6 is 0 Å². The molecule has 1 aliphatic heterocycles. The van der Waals surface area contributed by atoms with Crippen LogP contribution in [-0.4, -0.2) is 13.1 Å². The highest BCUT2D eigenvalue weighted by Gasteiger charge is 2.21. The van der Waals surface area contributed by atoms with Gasteiger partial charge in [0.1, 0.15) is 0 Å². The minimum absolute atomic E-state index is 0.788. The van der Waals surface area contributed by atoms with E-state index in [-0.39, 0.29) is 0 Å². The second kappa shape index (κ2) is 5.44. The molecule has 2 heteroatoms. The zero-order chi connectivity index (χ0) is 13.1. The van der Waals surface area contributed by atoms with Crippen molar-refractivity contribution in [2.75, 3.05) is 18.0 Å². The Morgan fingerprint density at radius 3 is 2.44 bits per heavy atom. The predicted molar refractivity (Wildman–Crippen MR) is 75.7 cm³/mol. The number of rotatable bonds is 2. The molecule has 0 saturated carbocycles. The third-order valence-electron chi connectivity index (χ3n) is 4.18. The van der Waals surface area contributed by atoms with E-state index in [0.29, 0.717) is 0 Å². The van der Waals surface area contributed by atoms with Gasteiger partial charge in [-0.2, -0.15) is 5.26 Å². The molecule has 1 saturated heterocycles. The van der Waals surface area contributed by atoms with E-state index in [2.05, 4.69) is 36.9 Å². The summed E-state index contributed by atoms with van der Waals surface area (Å²) in [5.41, 5.74) is 3.14. The SMILES string of the molecule is Cc1cc(N2CCC(C(C)C)CC2)ccc1C#N. The van der Waals surface area contributed by atoms with Crippen LogP contribution in [0.2, 0.25) is 0 Å². The first kappa shape index (κ1) is 13.0. The Kier molecular flexibility index (Phi) is 3.91. The zero-order valence-corrected chi connectivity index (χ0v) is 11.6. The molecule has 18 heavy (non-hydrogen) atoms. The molecule has 2 rings (SSSR count). The maximum atomic E-state index is 8.95. The van der Waals surface area contributed by atoms with Gasteiger partial charge < -0.3 is 4.90 Å². The summed E-state index contributed by atoms with van der Waals surface area (Å²) in [6, 6.07) is 8.40. The average Bonchev–Trinajstić information content (AvgIpc) is 2.38. The van der Waals surface area contributed by atoms with Gasteiger partial charge in [0.25, 0.3) is 0 Å². The van der Waals surface area contributed by atoms with E-state index < -0.39 is 0 Å². The monoisotopic (exact) mass is 242 g/mol. The number of benzene rings is 1. The second-order valence-electron chi connectivity index (χ2n) is 5.68. The summed E-state index contributed by atoms with van der Waals surface area (Å²) >= 11 is 0. The van der Waals surface area contributed by atoms with E-state index in [9.17, 15) is 0 Å². The number of hydrogen-bond donors (Lipinski definition) is 0. The standard InChI is InChI=1S/C16H22N2/c1-12(2)14-6-8-18(9-7-14)16-5-4-15(11-17)13(3)10-16/h4-5,10,12,14H,6-9H2,1-3H3. The van der Waals surface area contributed by atoms with Crippen molar-refractivity contribution >= 4 is 5.69 Å². The third kappa shape index (κ3) is 2.67. The molecule has 1 fully saturated rings. The molecule has 0 radical (unpaired) electrons. The fourth-order valence-corrected chi connectivity index (χ4v) is 2.79. The predicted octanol–water partition coefficient (Wildman–Crippen LogP) is 3.74. The van der Waals surface area contributed by atoms with Gasteiger partial charge in [0.2, 0.25) is 0 Å². The van der Waals surface area contributed by atoms with Crippen molar-refractivity contribution < 1.29 is 0 Å². The minimum Gasteiger partial charge on any atom is -0.372 e. The normalized spacial score (nSPS) is 16.9. The lowest BCUT2D eigenvalue weighted by Crippen LogP contribution is -2.35. The molecular formula is C16H22N2. The van der Waals surface area contributed by atoms with E-state index in [1.165, 1.54) is 18.5 Å².